The summed E-state index contributed by atoms with van der Waals surface area (Å²) in [6.45, 7) is 1.23. The van der Waals surface area contributed by atoms with Crippen LogP contribution in [-0.2, 0) is 0 Å². The highest BCUT2D eigenvalue weighted by Crippen LogP contribution is 2.37. The van der Waals surface area contributed by atoms with Crippen molar-refractivity contribution in [3.63, 3.8) is 0 Å². The molecule has 1 saturated carbocycles. The Balaban J connectivity index is 1.85. The molecule has 2 rings (SSSR count). The first-order chi connectivity index (χ1) is 9.98. The number of ether oxygens (including phenoxy) is 1. The van der Waals surface area contributed by atoms with Crippen LogP contribution in [0.15, 0.2) is 24.3 Å². The van der Waals surface area contributed by atoms with E-state index in [2.05, 4.69) is 6.92 Å². The topological polar surface area (TPSA) is 29.5 Å². The Morgan fingerprint density at radius 1 is 1.14 bits per heavy atom. The highest BCUT2D eigenvalue weighted by molar-refractivity contribution is 5.29. The quantitative estimate of drug-likeness (QED) is 0.823. The fourth-order valence-corrected chi connectivity index (χ4v) is 3.20. The zero-order chi connectivity index (χ0) is 15.3. The van der Waals surface area contributed by atoms with Gasteiger partial charge in [0, 0.05) is 0 Å². The molecule has 1 N–H and O–H groups in total. The lowest BCUT2D eigenvalue weighted by Gasteiger charge is -2.28. The zero-order valence-corrected chi connectivity index (χ0v) is 12.5. The minimum Gasteiger partial charge on any atom is -0.484 e. The Morgan fingerprint density at radius 2 is 1.76 bits per heavy atom. The first-order valence-corrected chi connectivity index (χ1v) is 7.81. The zero-order valence-electron chi connectivity index (χ0n) is 12.5. The van der Waals surface area contributed by atoms with E-state index in [9.17, 15) is 8.78 Å². The highest BCUT2D eigenvalue weighted by atomic mass is 19.3. The molecule has 0 unspecified atom stereocenters. The number of rotatable bonds is 6. The lowest BCUT2D eigenvalue weighted by molar-refractivity contribution is -0.216. The first-order valence-electron chi connectivity index (χ1n) is 7.81. The molecular formula is C17H24F2O2. The summed E-state index contributed by atoms with van der Waals surface area (Å²) in [5.74, 6) is 1.82. The van der Waals surface area contributed by atoms with Crippen LogP contribution in [0.5, 0.6) is 5.75 Å². The number of benzene rings is 1. The van der Waals surface area contributed by atoms with Crippen LogP contribution in [0.2, 0.25) is 0 Å². The fraction of sp³-hybridized carbons (Fsp3) is 0.647. The SMILES string of the molecule is CCCC1CCC(c2ccc(OCC(O)(F)F)cc2)CC1. The van der Waals surface area contributed by atoms with Crippen LogP contribution in [0, 0.1) is 5.92 Å². The molecule has 4 heteroatoms. The van der Waals surface area contributed by atoms with E-state index in [0.717, 1.165) is 5.92 Å². The molecule has 1 aliphatic rings. The Bertz CT molecular complexity index is 417. The van der Waals surface area contributed by atoms with Crippen molar-refractivity contribution in [1.82, 2.24) is 0 Å². The molecule has 0 atom stereocenters. The molecule has 0 bridgehead atoms. The van der Waals surface area contributed by atoms with E-state index in [1.807, 2.05) is 12.1 Å². The van der Waals surface area contributed by atoms with Crippen molar-refractivity contribution in [3.05, 3.63) is 29.8 Å². The monoisotopic (exact) mass is 298 g/mol. The summed E-state index contributed by atoms with van der Waals surface area (Å²) in [5.41, 5.74) is 1.26. The van der Waals surface area contributed by atoms with Crippen molar-refractivity contribution in [1.29, 1.82) is 0 Å². The van der Waals surface area contributed by atoms with E-state index in [4.69, 9.17) is 9.84 Å². The van der Waals surface area contributed by atoms with Crippen molar-refractivity contribution in [2.45, 2.75) is 57.5 Å². The van der Waals surface area contributed by atoms with Gasteiger partial charge in [0.15, 0.2) is 6.61 Å². The standard InChI is InChI=1S/C17H24F2O2/c1-2-3-13-4-6-14(7-5-13)15-8-10-16(11-9-15)21-12-17(18,19)20/h8-11,13-14,20H,2-7,12H2,1H3. The summed E-state index contributed by atoms with van der Waals surface area (Å²) in [4.78, 5) is 0. The first kappa shape index (κ1) is 16.2. The summed E-state index contributed by atoms with van der Waals surface area (Å²) in [5, 5.41) is 8.35. The van der Waals surface area contributed by atoms with Gasteiger partial charge in [-0.15, -0.1) is 0 Å². The molecule has 0 aliphatic heterocycles. The molecule has 0 aromatic heterocycles. The van der Waals surface area contributed by atoms with E-state index in [1.54, 1.807) is 12.1 Å². The Kier molecular flexibility index (Phi) is 5.57. The van der Waals surface area contributed by atoms with Crippen molar-refractivity contribution >= 4 is 0 Å². The van der Waals surface area contributed by atoms with Gasteiger partial charge in [0.1, 0.15) is 5.75 Å². The number of halogens is 2. The maximum absolute atomic E-state index is 12.3. The number of hydrogen-bond acceptors (Lipinski definition) is 2. The van der Waals surface area contributed by atoms with Crippen molar-refractivity contribution in [2.24, 2.45) is 5.92 Å². The van der Waals surface area contributed by atoms with Crippen molar-refractivity contribution in [3.8, 4) is 5.75 Å². The van der Waals surface area contributed by atoms with E-state index >= 15 is 0 Å². The molecule has 0 heterocycles. The maximum atomic E-state index is 12.3. The smallest absolute Gasteiger partial charge is 0.387 e. The Labute approximate surface area is 125 Å². The molecule has 21 heavy (non-hydrogen) atoms. The van der Waals surface area contributed by atoms with Gasteiger partial charge in [-0.25, -0.2) is 0 Å². The third kappa shape index (κ3) is 5.27. The predicted octanol–water partition coefficient (Wildman–Crippen LogP) is 4.72. The third-order valence-electron chi connectivity index (χ3n) is 4.31. The lowest BCUT2D eigenvalue weighted by Crippen LogP contribution is -2.24. The average molecular weight is 298 g/mol. The summed E-state index contributed by atoms with van der Waals surface area (Å²) < 4.78 is 29.5. The third-order valence-corrected chi connectivity index (χ3v) is 4.31. The molecule has 0 radical (unpaired) electrons. The lowest BCUT2D eigenvalue weighted by atomic mass is 9.77. The van der Waals surface area contributed by atoms with E-state index in [1.165, 1.54) is 44.1 Å². The average Bonchev–Trinajstić information content (AvgIpc) is 2.46. The molecule has 0 saturated heterocycles. The Hall–Kier alpha value is -1.16. The number of alkyl halides is 2. The highest BCUT2D eigenvalue weighted by Gasteiger charge is 2.25. The largest absolute Gasteiger partial charge is 0.484 e. The molecule has 2 nitrogen and oxygen atoms in total. The van der Waals surface area contributed by atoms with Gasteiger partial charge in [0.05, 0.1) is 0 Å². The van der Waals surface area contributed by atoms with Gasteiger partial charge in [0.2, 0.25) is 0 Å². The van der Waals surface area contributed by atoms with Crippen molar-refractivity contribution in [2.75, 3.05) is 6.61 Å². The van der Waals surface area contributed by atoms with Gasteiger partial charge in [0.25, 0.3) is 0 Å². The summed E-state index contributed by atoms with van der Waals surface area (Å²) in [7, 11) is 0. The molecule has 118 valence electrons. The van der Waals surface area contributed by atoms with Gasteiger partial charge in [-0.1, -0.05) is 31.9 Å². The molecular weight excluding hydrogens is 274 g/mol. The predicted molar refractivity (Wildman–Crippen MR) is 78.7 cm³/mol. The van der Waals surface area contributed by atoms with Crippen LogP contribution in [0.4, 0.5) is 8.78 Å². The number of hydrogen-bond donors (Lipinski definition) is 1. The molecule has 1 fully saturated rings. The Morgan fingerprint density at radius 3 is 2.29 bits per heavy atom. The molecule has 1 aromatic rings. The van der Waals surface area contributed by atoms with Gasteiger partial charge >= 0.3 is 6.11 Å². The summed E-state index contributed by atoms with van der Waals surface area (Å²) in [6, 6.07) is 7.32. The minimum atomic E-state index is -3.78. The van der Waals surface area contributed by atoms with Gasteiger partial charge in [-0.2, -0.15) is 8.78 Å². The minimum absolute atomic E-state index is 0.368. The van der Waals surface area contributed by atoms with E-state index in [-0.39, 0.29) is 0 Å². The summed E-state index contributed by atoms with van der Waals surface area (Å²) in [6.07, 6.45) is 3.79. The molecule has 1 aliphatic carbocycles. The maximum Gasteiger partial charge on any atom is 0.387 e. The van der Waals surface area contributed by atoms with Crippen LogP contribution in [0.1, 0.15) is 56.9 Å². The van der Waals surface area contributed by atoms with Crippen LogP contribution >= 0.6 is 0 Å². The molecule has 1 aromatic carbocycles. The second-order valence-corrected chi connectivity index (χ2v) is 6.03. The van der Waals surface area contributed by atoms with Crippen LogP contribution in [-0.4, -0.2) is 17.8 Å². The number of aliphatic hydroxyl groups is 1. The van der Waals surface area contributed by atoms with E-state index < -0.39 is 12.7 Å². The second-order valence-electron chi connectivity index (χ2n) is 6.03. The van der Waals surface area contributed by atoms with Crippen LogP contribution < -0.4 is 4.74 Å². The molecule has 0 spiro atoms. The fourth-order valence-electron chi connectivity index (χ4n) is 3.20. The van der Waals surface area contributed by atoms with E-state index in [0.29, 0.717) is 11.7 Å². The van der Waals surface area contributed by atoms with Gasteiger partial charge < -0.3 is 9.84 Å². The van der Waals surface area contributed by atoms with Gasteiger partial charge in [-0.05, 0) is 55.2 Å². The second kappa shape index (κ2) is 7.21. The normalized spacial score (nSPS) is 23.0. The summed E-state index contributed by atoms with van der Waals surface area (Å²) >= 11 is 0. The van der Waals surface area contributed by atoms with Crippen LogP contribution in [0.25, 0.3) is 0 Å². The molecule has 0 amide bonds. The van der Waals surface area contributed by atoms with Crippen LogP contribution in [0.3, 0.4) is 0 Å². The van der Waals surface area contributed by atoms with Crippen molar-refractivity contribution < 1.29 is 18.6 Å². The van der Waals surface area contributed by atoms with Gasteiger partial charge in [-0.3, -0.25) is 0 Å².